The molecule has 0 saturated heterocycles. The molecule has 0 spiro atoms. The predicted octanol–water partition coefficient (Wildman–Crippen LogP) is 7.52. The van der Waals surface area contributed by atoms with E-state index in [9.17, 15) is 14.7 Å². The molecule has 5 nitrogen and oxygen atoms in total. The van der Waals surface area contributed by atoms with Gasteiger partial charge in [0.15, 0.2) is 0 Å². The van der Waals surface area contributed by atoms with E-state index in [0.29, 0.717) is 12.8 Å². The van der Waals surface area contributed by atoms with Gasteiger partial charge >= 0.3 is 11.9 Å². The maximum absolute atomic E-state index is 11.8. The molecule has 0 aliphatic heterocycles. The Bertz CT molecular complexity index is 452. The molecule has 0 aliphatic carbocycles. The van der Waals surface area contributed by atoms with Gasteiger partial charge in [-0.15, -0.1) is 0 Å². The largest absolute Gasteiger partial charge is 0.463 e. The first-order valence-corrected chi connectivity index (χ1v) is 14.0. The van der Waals surface area contributed by atoms with Gasteiger partial charge in [0.25, 0.3) is 0 Å². The van der Waals surface area contributed by atoms with E-state index in [1.54, 1.807) is 0 Å². The quantitative estimate of drug-likeness (QED) is 0.117. The van der Waals surface area contributed by atoms with Crippen LogP contribution in [-0.2, 0) is 19.1 Å². The minimum absolute atomic E-state index is 0.111. The average molecular weight is 471 g/mol. The van der Waals surface area contributed by atoms with Crippen LogP contribution >= 0.6 is 0 Å². The fourth-order valence-corrected chi connectivity index (χ4v) is 3.82. The van der Waals surface area contributed by atoms with E-state index in [0.717, 1.165) is 44.4 Å². The first-order valence-electron chi connectivity index (χ1n) is 14.0. The molecule has 0 amide bonds. The highest BCUT2D eigenvalue weighted by molar-refractivity contribution is 5.69. The number of ether oxygens (including phenoxy) is 2. The fourth-order valence-electron chi connectivity index (χ4n) is 3.82. The molecule has 33 heavy (non-hydrogen) atoms. The summed E-state index contributed by atoms with van der Waals surface area (Å²) in [5.74, 6) is 0.290. The minimum Gasteiger partial charge on any atom is -0.463 e. The van der Waals surface area contributed by atoms with Gasteiger partial charge in [-0.1, -0.05) is 117 Å². The van der Waals surface area contributed by atoms with Crippen LogP contribution in [-0.4, -0.2) is 36.4 Å². The van der Waals surface area contributed by atoms with Crippen LogP contribution in [0.3, 0.4) is 0 Å². The number of rotatable bonds is 24. The van der Waals surface area contributed by atoms with Crippen LogP contribution in [0.1, 0.15) is 143 Å². The molecule has 0 saturated carbocycles. The van der Waals surface area contributed by atoms with Crippen molar-refractivity contribution in [1.82, 2.24) is 0 Å². The third kappa shape index (κ3) is 23.8. The Balaban J connectivity index is 3.45. The van der Waals surface area contributed by atoms with Crippen molar-refractivity contribution in [3.63, 3.8) is 0 Å². The molecule has 0 rings (SSSR count). The van der Waals surface area contributed by atoms with E-state index in [-0.39, 0.29) is 25.2 Å². The molecule has 0 radical (unpaired) electrons. The highest BCUT2D eigenvalue weighted by Gasteiger charge is 2.12. The van der Waals surface area contributed by atoms with Crippen LogP contribution < -0.4 is 0 Å². The van der Waals surface area contributed by atoms with Crippen molar-refractivity contribution in [2.75, 3.05) is 13.2 Å². The lowest BCUT2D eigenvalue weighted by molar-refractivity contribution is -0.152. The summed E-state index contributed by atoms with van der Waals surface area (Å²) in [7, 11) is 0. The third-order valence-corrected chi connectivity index (χ3v) is 6.38. The van der Waals surface area contributed by atoms with Crippen molar-refractivity contribution in [3.8, 4) is 0 Å². The summed E-state index contributed by atoms with van der Waals surface area (Å²) in [5.41, 5.74) is 0. The number of unbranched alkanes of at least 4 members (excludes halogenated alkanes) is 13. The van der Waals surface area contributed by atoms with Gasteiger partial charge in [0, 0.05) is 12.8 Å². The van der Waals surface area contributed by atoms with Crippen molar-refractivity contribution >= 4 is 11.9 Å². The maximum Gasteiger partial charge on any atom is 0.305 e. The Morgan fingerprint density at radius 2 is 1.03 bits per heavy atom. The molecule has 0 fully saturated rings. The van der Waals surface area contributed by atoms with E-state index in [4.69, 9.17) is 9.47 Å². The normalized spacial score (nSPS) is 13.0. The number of aliphatic hydroxyl groups is 1. The van der Waals surface area contributed by atoms with Crippen molar-refractivity contribution in [2.24, 2.45) is 5.92 Å². The van der Waals surface area contributed by atoms with Gasteiger partial charge in [-0.25, -0.2) is 0 Å². The fraction of sp³-hybridized carbons (Fsp3) is 0.929. The lowest BCUT2D eigenvalue weighted by Gasteiger charge is -2.12. The molecule has 0 bridgehead atoms. The van der Waals surface area contributed by atoms with Crippen molar-refractivity contribution < 1.29 is 24.2 Å². The second kappa shape index (κ2) is 24.0. The molecule has 1 N–H and O–H groups in total. The van der Waals surface area contributed by atoms with Crippen LogP contribution in [0.15, 0.2) is 0 Å². The summed E-state index contributed by atoms with van der Waals surface area (Å²) >= 11 is 0. The van der Waals surface area contributed by atoms with Crippen LogP contribution in [0.25, 0.3) is 0 Å². The molecular weight excluding hydrogens is 416 g/mol. The Kier molecular flexibility index (Phi) is 23.2. The van der Waals surface area contributed by atoms with Crippen LogP contribution in [0.5, 0.6) is 0 Å². The van der Waals surface area contributed by atoms with E-state index < -0.39 is 6.10 Å². The van der Waals surface area contributed by atoms with E-state index in [2.05, 4.69) is 20.8 Å². The molecule has 0 aliphatic rings. The zero-order valence-electron chi connectivity index (χ0n) is 22.1. The Morgan fingerprint density at radius 3 is 1.45 bits per heavy atom. The maximum atomic E-state index is 11.8. The molecule has 0 aromatic heterocycles. The van der Waals surface area contributed by atoms with Crippen molar-refractivity contribution in [1.29, 1.82) is 0 Å². The number of hydrogen-bond donors (Lipinski definition) is 1. The average Bonchev–Trinajstić information content (AvgIpc) is 2.81. The topological polar surface area (TPSA) is 72.8 Å². The van der Waals surface area contributed by atoms with Gasteiger partial charge in [-0.05, 0) is 18.8 Å². The smallest absolute Gasteiger partial charge is 0.305 e. The molecule has 196 valence electrons. The molecule has 1 unspecified atom stereocenters. The molecular formula is C28H54O5. The molecule has 0 heterocycles. The van der Waals surface area contributed by atoms with Crippen molar-refractivity contribution in [2.45, 2.75) is 149 Å². The molecule has 5 heteroatoms. The summed E-state index contributed by atoms with van der Waals surface area (Å²) in [6, 6.07) is 0. The monoisotopic (exact) mass is 470 g/mol. The van der Waals surface area contributed by atoms with Crippen LogP contribution in [0.2, 0.25) is 0 Å². The van der Waals surface area contributed by atoms with Gasteiger partial charge in [0.05, 0.1) is 0 Å². The Morgan fingerprint density at radius 1 is 0.636 bits per heavy atom. The summed E-state index contributed by atoms with van der Waals surface area (Å²) in [5, 5.41) is 9.86. The summed E-state index contributed by atoms with van der Waals surface area (Å²) < 4.78 is 10.2. The number of carbonyl (C=O) groups is 2. The highest BCUT2D eigenvalue weighted by atomic mass is 16.6. The van der Waals surface area contributed by atoms with Gasteiger partial charge in [0.2, 0.25) is 0 Å². The summed E-state index contributed by atoms with van der Waals surface area (Å²) in [6.07, 6.45) is 20.1. The Labute approximate surface area is 204 Å². The first kappa shape index (κ1) is 31.9. The lowest BCUT2D eigenvalue weighted by atomic mass is 9.99. The second-order valence-electron chi connectivity index (χ2n) is 9.77. The number of carbonyl (C=O) groups excluding carboxylic acids is 2. The SMILES string of the molecule is CCCCCCCCCC(=O)OC[C@H](O)COC(=O)CCCCCCCCCCC(C)CC. The zero-order chi connectivity index (χ0) is 24.6. The predicted molar refractivity (Wildman–Crippen MR) is 136 cm³/mol. The third-order valence-electron chi connectivity index (χ3n) is 6.38. The van der Waals surface area contributed by atoms with Gasteiger partial charge in [-0.3, -0.25) is 9.59 Å². The molecule has 2 atom stereocenters. The summed E-state index contributed by atoms with van der Waals surface area (Å²) in [4.78, 5) is 23.5. The van der Waals surface area contributed by atoms with Gasteiger partial charge < -0.3 is 14.6 Å². The highest BCUT2D eigenvalue weighted by Crippen LogP contribution is 2.15. The van der Waals surface area contributed by atoms with E-state index in [1.165, 1.54) is 70.6 Å². The van der Waals surface area contributed by atoms with Gasteiger partial charge in [0.1, 0.15) is 19.3 Å². The standard InChI is InChI=1S/C28H54O5/c1-4-6-7-8-11-15-18-21-27(30)32-23-26(29)24-33-28(31)22-19-16-13-10-9-12-14-17-20-25(3)5-2/h25-26,29H,4-24H2,1-3H3/t25?,26-/m0/s1. The molecule has 0 aromatic rings. The molecule has 0 aromatic carbocycles. The van der Waals surface area contributed by atoms with Crippen LogP contribution in [0.4, 0.5) is 0 Å². The Hall–Kier alpha value is -1.10. The van der Waals surface area contributed by atoms with Crippen molar-refractivity contribution in [3.05, 3.63) is 0 Å². The number of esters is 2. The zero-order valence-corrected chi connectivity index (χ0v) is 22.1. The first-order chi connectivity index (χ1) is 16.0. The minimum atomic E-state index is -0.952. The lowest BCUT2D eigenvalue weighted by Crippen LogP contribution is -2.25. The van der Waals surface area contributed by atoms with E-state index in [1.807, 2.05) is 0 Å². The second-order valence-corrected chi connectivity index (χ2v) is 9.77. The summed E-state index contributed by atoms with van der Waals surface area (Å²) in [6.45, 7) is 6.57. The van der Waals surface area contributed by atoms with E-state index >= 15 is 0 Å². The van der Waals surface area contributed by atoms with Gasteiger partial charge in [-0.2, -0.15) is 0 Å². The van der Waals surface area contributed by atoms with Crippen LogP contribution in [0, 0.1) is 5.92 Å². The number of hydrogen-bond acceptors (Lipinski definition) is 5. The number of aliphatic hydroxyl groups excluding tert-OH is 1.